The van der Waals surface area contributed by atoms with Gasteiger partial charge in [0.2, 0.25) is 11.8 Å². The number of anilines is 2. The molecular weight excluding hydrogens is 1020 g/mol. The fraction of sp³-hybridized carbons (Fsp3) is 0.652. The van der Waals surface area contributed by atoms with Gasteiger partial charge in [-0.15, -0.1) is 0 Å². The van der Waals surface area contributed by atoms with Gasteiger partial charge < -0.3 is 29.9 Å². The number of ether oxygens (including phenoxy) is 2. The monoisotopic (exact) mass is 1070 g/mol. The molecule has 0 spiro atoms. The van der Waals surface area contributed by atoms with E-state index >= 15 is 0 Å². The highest BCUT2D eigenvalue weighted by Crippen LogP contribution is 2.46. The van der Waals surface area contributed by atoms with Crippen LogP contribution in [0, 0.1) is 34.5 Å². The second-order valence-corrected chi connectivity index (χ2v) is 23.8. The lowest BCUT2D eigenvalue weighted by atomic mass is 10.0. The van der Waals surface area contributed by atoms with Crippen LogP contribution < -0.4 is 20.4 Å². The fourth-order valence-electron chi connectivity index (χ4n) is 9.84. The topological polar surface area (TPSA) is 199 Å². The number of rotatable bonds is 12. The van der Waals surface area contributed by atoms with Crippen LogP contribution in [0.2, 0.25) is 0 Å². The number of halogens is 10. The SMILES string of the molecule is CO[C@@H]1C[C@H](S(=O)(=O)c2ccc(N3CCC(F)(F)CC3)cc2C(F)(F)F)C[C@H]1C(=O)NC1(C#N)CC1.CO[C@H]1C[C@@H](S(=O)(=O)c2ccc(N3CCC(F)(F)CC3)cc2C(F)(F)F)C[C@@H]1C(=O)NC1(C#N)CC1. The molecule has 6 aliphatic rings. The molecule has 2 saturated heterocycles. The number of amides is 2. The van der Waals surface area contributed by atoms with Gasteiger partial charge in [0.05, 0.1) is 67.6 Å². The van der Waals surface area contributed by atoms with Crippen molar-refractivity contribution in [3.63, 3.8) is 0 Å². The molecule has 396 valence electrons. The van der Waals surface area contributed by atoms with E-state index in [0.29, 0.717) is 37.8 Å². The first-order valence-electron chi connectivity index (χ1n) is 23.1. The Morgan fingerprint density at radius 1 is 0.583 bits per heavy atom. The number of methoxy groups -OCH3 is 2. The van der Waals surface area contributed by atoms with E-state index in [1.165, 1.54) is 36.2 Å². The lowest BCUT2D eigenvalue weighted by Gasteiger charge is -2.34. The number of nitrogens with zero attached hydrogens (tertiary/aromatic N) is 4. The Bertz CT molecular complexity index is 2520. The second kappa shape index (κ2) is 19.7. The van der Waals surface area contributed by atoms with Crippen LogP contribution >= 0.6 is 0 Å². The lowest BCUT2D eigenvalue weighted by molar-refractivity contribution is -0.140. The third-order valence-electron chi connectivity index (χ3n) is 14.6. The van der Waals surface area contributed by atoms with E-state index in [0.717, 1.165) is 12.1 Å². The number of alkyl halides is 10. The van der Waals surface area contributed by atoms with Crippen molar-refractivity contribution in [2.45, 2.75) is 145 Å². The largest absolute Gasteiger partial charge is 0.417 e. The fourth-order valence-corrected chi connectivity index (χ4v) is 13.8. The molecule has 72 heavy (non-hydrogen) atoms. The summed E-state index contributed by atoms with van der Waals surface area (Å²) in [5.74, 6) is -8.78. The molecule has 0 radical (unpaired) electrons. The molecule has 0 unspecified atom stereocenters. The Morgan fingerprint density at radius 2 is 0.903 bits per heavy atom. The Labute approximate surface area is 409 Å². The van der Waals surface area contributed by atoms with Crippen molar-refractivity contribution in [1.82, 2.24) is 10.6 Å². The summed E-state index contributed by atoms with van der Waals surface area (Å²) in [6.07, 6.45) is -12.8. The van der Waals surface area contributed by atoms with Gasteiger partial charge in [0, 0.05) is 77.5 Å². The number of hydrogen-bond acceptors (Lipinski definition) is 12. The van der Waals surface area contributed by atoms with Gasteiger partial charge in [-0.1, -0.05) is 0 Å². The lowest BCUT2D eigenvalue weighted by Crippen LogP contribution is -2.42. The zero-order valence-corrected chi connectivity index (χ0v) is 40.5. The van der Waals surface area contributed by atoms with E-state index < -0.39 is 148 Å². The Hall–Kier alpha value is -4.92. The predicted molar refractivity (Wildman–Crippen MR) is 236 cm³/mol. The molecule has 14 nitrogen and oxygen atoms in total. The second-order valence-electron chi connectivity index (χ2n) is 19.4. The molecule has 2 N–H and O–H groups in total. The van der Waals surface area contributed by atoms with Crippen molar-refractivity contribution in [2.24, 2.45) is 11.8 Å². The third-order valence-corrected chi connectivity index (χ3v) is 19.1. The van der Waals surface area contributed by atoms with Crippen LogP contribution in [0.15, 0.2) is 46.2 Å². The molecule has 2 aromatic carbocycles. The van der Waals surface area contributed by atoms with Gasteiger partial charge >= 0.3 is 12.4 Å². The molecule has 26 heteroatoms. The smallest absolute Gasteiger partial charge is 0.381 e. The number of carbonyl (C=O) groups excluding carboxylic acids is 2. The molecule has 8 rings (SSSR count). The Balaban J connectivity index is 0.000000211. The van der Waals surface area contributed by atoms with Gasteiger partial charge in [0.1, 0.15) is 11.1 Å². The summed E-state index contributed by atoms with van der Waals surface area (Å²) in [6, 6.07) is 9.51. The van der Waals surface area contributed by atoms with Crippen molar-refractivity contribution in [3.8, 4) is 12.1 Å². The summed E-state index contributed by atoms with van der Waals surface area (Å²) < 4.78 is 202. The van der Waals surface area contributed by atoms with Crippen molar-refractivity contribution in [2.75, 3.05) is 50.2 Å². The maximum Gasteiger partial charge on any atom is 0.417 e. The number of benzene rings is 2. The maximum atomic E-state index is 14.0. The molecule has 2 aliphatic heterocycles. The average Bonchev–Trinajstić information content (AvgIpc) is 4.16. The van der Waals surface area contributed by atoms with Gasteiger partial charge in [0.15, 0.2) is 19.7 Å². The van der Waals surface area contributed by atoms with Crippen molar-refractivity contribution in [1.29, 1.82) is 10.5 Å². The minimum Gasteiger partial charge on any atom is -0.381 e. The van der Waals surface area contributed by atoms with Crippen molar-refractivity contribution < 1.29 is 79.8 Å². The van der Waals surface area contributed by atoms with Crippen molar-refractivity contribution in [3.05, 3.63) is 47.5 Å². The highest BCUT2D eigenvalue weighted by atomic mass is 32.2. The molecule has 6 fully saturated rings. The predicted octanol–water partition coefficient (Wildman–Crippen LogP) is 7.36. The number of carbonyl (C=O) groups is 2. The standard InChI is InChI=1S/2C23H26F5N3O4S/c2*1-35-18-12-15(11-16(18)20(32)30-21(13-29)4-5-21)36(33,34)19-3-2-14(10-17(19)23(26,27)28)31-8-6-22(24,25)7-9-31/h2*2-3,10,15-16,18H,4-9,11-12H2,1H3,(H,30,32)/t2*15-,16-,18-/m10/s1. The minimum atomic E-state index is -5.01. The van der Waals surface area contributed by atoms with Gasteiger partial charge in [-0.05, 0) is 87.8 Å². The summed E-state index contributed by atoms with van der Waals surface area (Å²) >= 11 is 0. The molecular formula is C46H52F10N6O8S2. The maximum absolute atomic E-state index is 14.0. The van der Waals surface area contributed by atoms with E-state index in [1.807, 2.05) is 12.1 Å². The Morgan fingerprint density at radius 3 is 1.17 bits per heavy atom. The summed E-state index contributed by atoms with van der Waals surface area (Å²) in [5, 5.41) is 21.0. The summed E-state index contributed by atoms with van der Waals surface area (Å²) in [6.45, 7) is -0.629. The van der Waals surface area contributed by atoms with Crippen LogP contribution in [0.3, 0.4) is 0 Å². The van der Waals surface area contributed by atoms with E-state index in [2.05, 4.69) is 10.6 Å². The van der Waals surface area contributed by atoms with Gasteiger partial charge in [-0.2, -0.15) is 36.9 Å². The zero-order valence-electron chi connectivity index (χ0n) is 38.9. The first kappa shape index (κ1) is 54.8. The number of nitriles is 2. The van der Waals surface area contributed by atoms with Crippen LogP contribution in [0.5, 0.6) is 0 Å². The Kier molecular flexibility index (Phi) is 15.0. The first-order valence-corrected chi connectivity index (χ1v) is 26.2. The molecule has 2 aromatic rings. The van der Waals surface area contributed by atoms with Crippen LogP contribution in [0.25, 0.3) is 0 Å². The zero-order chi connectivity index (χ0) is 53.0. The number of piperidine rings is 2. The molecule has 0 aromatic heterocycles. The summed E-state index contributed by atoms with van der Waals surface area (Å²) in [5.41, 5.74) is -4.68. The summed E-state index contributed by atoms with van der Waals surface area (Å²) in [4.78, 5) is 26.4. The van der Waals surface area contributed by atoms with E-state index in [9.17, 15) is 80.9 Å². The first-order chi connectivity index (χ1) is 33.4. The van der Waals surface area contributed by atoms with Gasteiger partial charge in [-0.25, -0.2) is 34.4 Å². The molecule has 2 amide bonds. The van der Waals surface area contributed by atoms with Gasteiger partial charge in [0.25, 0.3) is 11.8 Å². The number of nitrogens with one attached hydrogen (secondary N) is 2. The molecule has 0 bridgehead atoms. The minimum absolute atomic E-state index is 0.0152. The van der Waals surface area contributed by atoms with Crippen molar-refractivity contribution >= 4 is 42.9 Å². The van der Waals surface area contributed by atoms with E-state index in [1.54, 1.807) is 0 Å². The average molecular weight is 1070 g/mol. The highest BCUT2D eigenvalue weighted by molar-refractivity contribution is 7.92. The van der Waals surface area contributed by atoms with E-state index in [-0.39, 0.29) is 63.2 Å². The quantitative estimate of drug-likeness (QED) is 0.201. The highest BCUT2D eigenvalue weighted by Gasteiger charge is 2.53. The molecule has 6 atom stereocenters. The number of hydrogen-bond donors (Lipinski definition) is 2. The van der Waals surface area contributed by atoms with Gasteiger partial charge in [-0.3, -0.25) is 9.59 Å². The van der Waals surface area contributed by atoms with Crippen LogP contribution in [0.4, 0.5) is 55.3 Å². The third kappa shape index (κ3) is 11.7. The molecule has 4 aliphatic carbocycles. The number of sulfone groups is 2. The van der Waals surface area contributed by atoms with Crippen LogP contribution in [-0.2, 0) is 51.1 Å². The molecule has 2 heterocycles. The van der Waals surface area contributed by atoms with Crippen LogP contribution in [0.1, 0.15) is 88.2 Å². The molecule has 4 saturated carbocycles. The normalized spacial score (nSPS) is 27.4. The van der Waals surface area contributed by atoms with E-state index in [4.69, 9.17) is 9.47 Å². The summed E-state index contributed by atoms with van der Waals surface area (Å²) in [7, 11) is -6.52. The van der Waals surface area contributed by atoms with Crippen LogP contribution in [-0.4, -0.2) is 115 Å².